The standard InChI is InChI=1S/C11H17N3O5S/c1-11(2,20(3,18)19)10(17)12-4-5-14-6-8(9(15)16)13-7-14/h6-7H,4-5H2,1-3H3,(H,12,17)(H,15,16). The van der Waals surface area contributed by atoms with Gasteiger partial charge in [0, 0.05) is 25.5 Å². The van der Waals surface area contributed by atoms with Gasteiger partial charge in [0.25, 0.3) is 0 Å². The molecular weight excluding hydrogens is 286 g/mol. The van der Waals surface area contributed by atoms with Crippen molar-refractivity contribution in [3.63, 3.8) is 0 Å². The Morgan fingerprint density at radius 2 is 2.05 bits per heavy atom. The minimum atomic E-state index is -3.51. The number of hydrogen-bond donors (Lipinski definition) is 2. The van der Waals surface area contributed by atoms with Crippen LogP contribution in [-0.2, 0) is 21.2 Å². The quantitative estimate of drug-likeness (QED) is 0.733. The van der Waals surface area contributed by atoms with Crippen LogP contribution in [0.3, 0.4) is 0 Å². The maximum Gasteiger partial charge on any atom is 0.356 e. The number of nitrogens with zero attached hydrogens (tertiary/aromatic N) is 2. The first kappa shape index (κ1) is 16.2. The lowest BCUT2D eigenvalue weighted by molar-refractivity contribution is -0.122. The first-order valence-corrected chi connectivity index (χ1v) is 7.68. The minimum absolute atomic E-state index is 0.0900. The third-order valence-electron chi connectivity index (χ3n) is 2.98. The van der Waals surface area contributed by atoms with Gasteiger partial charge in [-0.2, -0.15) is 0 Å². The molecule has 1 aromatic heterocycles. The molecule has 0 spiro atoms. The van der Waals surface area contributed by atoms with Crippen molar-refractivity contribution in [2.75, 3.05) is 12.8 Å². The number of amides is 1. The Kier molecular flexibility index (Phi) is 4.53. The zero-order valence-corrected chi connectivity index (χ0v) is 12.3. The summed E-state index contributed by atoms with van der Waals surface area (Å²) in [7, 11) is -3.51. The van der Waals surface area contributed by atoms with E-state index in [1.807, 2.05) is 0 Å². The summed E-state index contributed by atoms with van der Waals surface area (Å²) < 4.78 is 22.9. The molecule has 0 aromatic carbocycles. The first-order chi connectivity index (χ1) is 9.05. The van der Waals surface area contributed by atoms with Gasteiger partial charge >= 0.3 is 5.97 Å². The van der Waals surface area contributed by atoms with Gasteiger partial charge in [0.1, 0.15) is 4.75 Å². The number of aromatic nitrogens is 2. The Morgan fingerprint density at radius 3 is 2.50 bits per heavy atom. The Balaban J connectivity index is 2.56. The van der Waals surface area contributed by atoms with Gasteiger partial charge in [0.2, 0.25) is 5.91 Å². The van der Waals surface area contributed by atoms with Crippen LogP contribution < -0.4 is 5.32 Å². The first-order valence-electron chi connectivity index (χ1n) is 5.78. The SMILES string of the molecule is CC(C)(C(=O)NCCn1cnc(C(=O)O)c1)S(C)(=O)=O. The zero-order chi connectivity index (χ0) is 15.6. The van der Waals surface area contributed by atoms with Crippen molar-refractivity contribution >= 4 is 21.7 Å². The average Bonchev–Trinajstić information content (AvgIpc) is 2.76. The highest BCUT2D eigenvalue weighted by atomic mass is 32.2. The molecule has 20 heavy (non-hydrogen) atoms. The number of imidazole rings is 1. The minimum Gasteiger partial charge on any atom is -0.476 e. The van der Waals surface area contributed by atoms with Crippen molar-refractivity contribution in [1.82, 2.24) is 14.9 Å². The average molecular weight is 303 g/mol. The number of carbonyl (C=O) groups excluding carboxylic acids is 1. The molecule has 1 amide bonds. The second-order valence-electron chi connectivity index (χ2n) is 4.84. The molecular formula is C11H17N3O5S. The highest BCUT2D eigenvalue weighted by Gasteiger charge is 2.38. The lowest BCUT2D eigenvalue weighted by atomic mass is 10.2. The van der Waals surface area contributed by atoms with Gasteiger partial charge in [-0.05, 0) is 13.8 Å². The number of carbonyl (C=O) groups is 2. The van der Waals surface area contributed by atoms with E-state index in [9.17, 15) is 18.0 Å². The predicted octanol–water partition coefficient (Wildman–Crippen LogP) is -0.479. The number of aromatic carboxylic acids is 1. The van der Waals surface area contributed by atoms with E-state index in [1.54, 1.807) is 0 Å². The highest BCUT2D eigenvalue weighted by molar-refractivity contribution is 7.92. The molecule has 0 radical (unpaired) electrons. The van der Waals surface area contributed by atoms with Crippen molar-refractivity contribution in [2.45, 2.75) is 25.1 Å². The summed E-state index contributed by atoms with van der Waals surface area (Å²) in [4.78, 5) is 26.1. The molecule has 0 aliphatic carbocycles. The lowest BCUT2D eigenvalue weighted by Crippen LogP contribution is -2.48. The summed E-state index contributed by atoms with van der Waals surface area (Å²) in [6.07, 6.45) is 3.66. The molecule has 0 saturated heterocycles. The smallest absolute Gasteiger partial charge is 0.356 e. The molecule has 0 aliphatic rings. The second kappa shape index (κ2) is 5.61. The van der Waals surface area contributed by atoms with Crippen LogP contribution in [0.15, 0.2) is 12.5 Å². The molecule has 8 nitrogen and oxygen atoms in total. The summed E-state index contributed by atoms with van der Waals surface area (Å²) >= 11 is 0. The van der Waals surface area contributed by atoms with Crippen molar-refractivity contribution in [1.29, 1.82) is 0 Å². The van der Waals surface area contributed by atoms with Gasteiger partial charge in [-0.1, -0.05) is 0 Å². The van der Waals surface area contributed by atoms with E-state index in [0.717, 1.165) is 6.26 Å². The molecule has 112 valence electrons. The third kappa shape index (κ3) is 3.56. The van der Waals surface area contributed by atoms with Crippen LogP contribution in [0.5, 0.6) is 0 Å². The van der Waals surface area contributed by atoms with Gasteiger partial charge in [0.05, 0.1) is 6.33 Å². The van der Waals surface area contributed by atoms with E-state index in [0.29, 0.717) is 6.54 Å². The van der Waals surface area contributed by atoms with Crippen molar-refractivity contribution < 1.29 is 23.1 Å². The Labute approximate surface area is 116 Å². The summed E-state index contributed by atoms with van der Waals surface area (Å²) in [5.41, 5.74) is -0.0900. The zero-order valence-electron chi connectivity index (χ0n) is 11.5. The summed E-state index contributed by atoms with van der Waals surface area (Å²) in [5, 5.41) is 11.2. The van der Waals surface area contributed by atoms with E-state index in [-0.39, 0.29) is 12.2 Å². The predicted molar refractivity (Wildman–Crippen MR) is 71.1 cm³/mol. The van der Waals surface area contributed by atoms with E-state index < -0.39 is 26.5 Å². The van der Waals surface area contributed by atoms with Gasteiger partial charge in [-0.3, -0.25) is 4.79 Å². The fourth-order valence-corrected chi connectivity index (χ4v) is 1.68. The molecule has 2 N–H and O–H groups in total. The normalized spacial score (nSPS) is 12.2. The molecule has 0 saturated carbocycles. The van der Waals surface area contributed by atoms with E-state index in [2.05, 4.69) is 10.3 Å². The Morgan fingerprint density at radius 1 is 1.45 bits per heavy atom. The molecule has 1 heterocycles. The van der Waals surface area contributed by atoms with Gasteiger partial charge in [-0.25, -0.2) is 18.2 Å². The number of nitrogens with one attached hydrogen (secondary N) is 1. The largest absolute Gasteiger partial charge is 0.476 e. The second-order valence-corrected chi connectivity index (χ2v) is 7.41. The van der Waals surface area contributed by atoms with Crippen LogP contribution in [0.2, 0.25) is 0 Å². The highest BCUT2D eigenvalue weighted by Crippen LogP contribution is 2.14. The topological polar surface area (TPSA) is 118 Å². The maximum absolute atomic E-state index is 11.8. The number of rotatable bonds is 6. The molecule has 0 atom stereocenters. The van der Waals surface area contributed by atoms with E-state index >= 15 is 0 Å². The monoisotopic (exact) mass is 303 g/mol. The summed E-state index contributed by atoms with van der Waals surface area (Å²) in [6.45, 7) is 3.13. The van der Waals surface area contributed by atoms with Crippen molar-refractivity contribution in [3.8, 4) is 0 Å². The van der Waals surface area contributed by atoms with Crippen LogP contribution >= 0.6 is 0 Å². The third-order valence-corrected chi connectivity index (χ3v) is 5.02. The Bertz CT molecular complexity index is 618. The molecule has 0 aliphatic heterocycles. The van der Waals surface area contributed by atoms with E-state index in [4.69, 9.17) is 5.11 Å². The summed E-state index contributed by atoms with van der Waals surface area (Å²) in [5.74, 6) is -1.73. The molecule has 0 bridgehead atoms. The van der Waals surface area contributed by atoms with Gasteiger partial charge < -0.3 is 15.0 Å². The molecule has 9 heteroatoms. The number of carboxylic acid groups (broad SMARTS) is 1. The van der Waals surface area contributed by atoms with Crippen molar-refractivity contribution in [3.05, 3.63) is 18.2 Å². The molecule has 1 aromatic rings. The lowest BCUT2D eigenvalue weighted by Gasteiger charge is -2.21. The fourth-order valence-electron chi connectivity index (χ4n) is 1.27. The molecule has 0 fully saturated rings. The summed E-state index contributed by atoms with van der Waals surface area (Å²) in [6, 6.07) is 0. The molecule has 0 unspecified atom stereocenters. The van der Waals surface area contributed by atoms with Crippen LogP contribution in [0.25, 0.3) is 0 Å². The number of carboxylic acids is 1. The maximum atomic E-state index is 11.8. The fraction of sp³-hybridized carbons (Fsp3) is 0.545. The van der Waals surface area contributed by atoms with Crippen LogP contribution in [0.1, 0.15) is 24.3 Å². The van der Waals surface area contributed by atoms with Gasteiger partial charge in [-0.15, -0.1) is 0 Å². The van der Waals surface area contributed by atoms with Gasteiger partial charge in [0.15, 0.2) is 15.5 Å². The molecule has 1 rings (SSSR count). The Hall–Kier alpha value is -1.90. The number of hydrogen-bond acceptors (Lipinski definition) is 5. The van der Waals surface area contributed by atoms with Crippen LogP contribution in [-0.4, -0.2) is 52.5 Å². The van der Waals surface area contributed by atoms with E-state index in [1.165, 1.54) is 30.9 Å². The number of sulfone groups is 1. The van der Waals surface area contributed by atoms with Crippen LogP contribution in [0.4, 0.5) is 0 Å². The van der Waals surface area contributed by atoms with Crippen molar-refractivity contribution in [2.24, 2.45) is 0 Å². The van der Waals surface area contributed by atoms with Crippen LogP contribution in [0, 0.1) is 0 Å².